The van der Waals surface area contributed by atoms with Crippen LogP contribution in [0.3, 0.4) is 0 Å². The van der Waals surface area contributed by atoms with Crippen molar-refractivity contribution in [2.75, 3.05) is 18.5 Å². The van der Waals surface area contributed by atoms with Gasteiger partial charge in [0.1, 0.15) is 0 Å². The van der Waals surface area contributed by atoms with Crippen LogP contribution < -0.4 is 4.90 Å². The summed E-state index contributed by atoms with van der Waals surface area (Å²) >= 11 is 0. The van der Waals surface area contributed by atoms with Gasteiger partial charge in [0, 0.05) is 19.3 Å². The first-order valence-corrected chi connectivity index (χ1v) is 6.18. The van der Waals surface area contributed by atoms with Crippen molar-refractivity contribution in [2.45, 2.75) is 38.7 Å². The maximum atomic E-state index is 9.42. The molecule has 0 spiro atoms. The summed E-state index contributed by atoms with van der Waals surface area (Å²) in [5, 5.41) is 9.42. The zero-order valence-electron chi connectivity index (χ0n) is 10.2. The first-order chi connectivity index (χ1) is 7.66. The van der Waals surface area contributed by atoms with Crippen molar-refractivity contribution < 1.29 is 5.11 Å². The first kappa shape index (κ1) is 11.5. The largest absolute Gasteiger partial charge is 0.393 e. The Labute approximate surface area is 97.9 Å². The first-order valence-electron chi connectivity index (χ1n) is 6.18. The third-order valence-corrected chi connectivity index (χ3v) is 3.28. The van der Waals surface area contributed by atoms with Gasteiger partial charge in [0.05, 0.1) is 6.10 Å². The van der Waals surface area contributed by atoms with Gasteiger partial charge in [-0.2, -0.15) is 0 Å². The highest BCUT2D eigenvalue weighted by molar-refractivity contribution is 5.55. The van der Waals surface area contributed by atoms with Crippen molar-refractivity contribution in [3.63, 3.8) is 0 Å². The SMILES string of the molecule is CC(O)Cc1ccc2c(c1)N(C)CCCC2. The van der Waals surface area contributed by atoms with Gasteiger partial charge in [-0.1, -0.05) is 12.1 Å². The maximum absolute atomic E-state index is 9.42. The summed E-state index contributed by atoms with van der Waals surface area (Å²) in [6, 6.07) is 6.63. The van der Waals surface area contributed by atoms with Gasteiger partial charge in [0.2, 0.25) is 0 Å². The molecule has 1 aromatic rings. The van der Waals surface area contributed by atoms with Crippen LogP contribution in [0, 0.1) is 0 Å². The van der Waals surface area contributed by atoms with Crippen molar-refractivity contribution in [3.05, 3.63) is 29.3 Å². The van der Waals surface area contributed by atoms with E-state index in [0.717, 1.165) is 13.0 Å². The molecule has 1 aliphatic rings. The second-order valence-corrected chi connectivity index (χ2v) is 4.89. The van der Waals surface area contributed by atoms with E-state index in [2.05, 4.69) is 30.1 Å². The number of rotatable bonds is 2. The minimum Gasteiger partial charge on any atom is -0.393 e. The fraction of sp³-hybridized carbons (Fsp3) is 0.571. The summed E-state index contributed by atoms with van der Waals surface area (Å²) in [5.41, 5.74) is 4.05. The summed E-state index contributed by atoms with van der Waals surface area (Å²) in [7, 11) is 2.16. The lowest BCUT2D eigenvalue weighted by molar-refractivity contribution is 0.195. The van der Waals surface area contributed by atoms with Crippen LogP contribution in [-0.4, -0.2) is 24.8 Å². The molecule has 0 amide bonds. The fourth-order valence-corrected chi connectivity index (χ4v) is 2.43. The molecule has 2 heteroatoms. The molecular weight excluding hydrogens is 198 g/mol. The Hall–Kier alpha value is -1.02. The fourth-order valence-electron chi connectivity index (χ4n) is 2.43. The highest BCUT2D eigenvalue weighted by atomic mass is 16.3. The van der Waals surface area contributed by atoms with E-state index in [0.29, 0.717) is 0 Å². The molecule has 1 unspecified atom stereocenters. The van der Waals surface area contributed by atoms with E-state index in [1.54, 1.807) is 0 Å². The Kier molecular flexibility index (Phi) is 3.49. The van der Waals surface area contributed by atoms with E-state index in [9.17, 15) is 5.11 Å². The summed E-state index contributed by atoms with van der Waals surface area (Å²) in [6.07, 6.45) is 4.24. The summed E-state index contributed by atoms with van der Waals surface area (Å²) in [4.78, 5) is 2.34. The van der Waals surface area contributed by atoms with Crippen molar-refractivity contribution in [1.82, 2.24) is 0 Å². The summed E-state index contributed by atoms with van der Waals surface area (Å²) in [6.45, 7) is 2.99. The molecule has 0 saturated carbocycles. The van der Waals surface area contributed by atoms with E-state index in [-0.39, 0.29) is 6.10 Å². The van der Waals surface area contributed by atoms with E-state index in [4.69, 9.17) is 0 Å². The van der Waals surface area contributed by atoms with Gasteiger partial charge in [-0.05, 0) is 49.8 Å². The predicted octanol–water partition coefficient (Wildman–Crippen LogP) is 2.38. The number of aliphatic hydroxyl groups is 1. The second kappa shape index (κ2) is 4.88. The number of hydrogen-bond donors (Lipinski definition) is 1. The van der Waals surface area contributed by atoms with Crippen LogP contribution in [-0.2, 0) is 12.8 Å². The third kappa shape index (κ3) is 2.56. The molecule has 0 fully saturated rings. The molecule has 0 bridgehead atoms. The Morgan fingerprint density at radius 3 is 2.94 bits per heavy atom. The minimum absolute atomic E-state index is 0.255. The van der Waals surface area contributed by atoms with Gasteiger partial charge < -0.3 is 10.0 Å². The molecule has 88 valence electrons. The summed E-state index contributed by atoms with van der Waals surface area (Å²) in [5.74, 6) is 0. The molecule has 16 heavy (non-hydrogen) atoms. The Balaban J connectivity index is 2.28. The quantitative estimate of drug-likeness (QED) is 0.825. The number of fused-ring (bicyclic) bond motifs is 1. The van der Waals surface area contributed by atoms with Crippen molar-refractivity contribution in [1.29, 1.82) is 0 Å². The minimum atomic E-state index is -0.255. The molecule has 1 aromatic carbocycles. The Morgan fingerprint density at radius 2 is 2.19 bits per heavy atom. The lowest BCUT2D eigenvalue weighted by Gasteiger charge is -2.20. The average Bonchev–Trinajstić information content (AvgIpc) is 2.41. The molecule has 1 heterocycles. The van der Waals surface area contributed by atoms with Gasteiger partial charge in [-0.15, -0.1) is 0 Å². The number of nitrogens with zero attached hydrogens (tertiary/aromatic N) is 1. The zero-order chi connectivity index (χ0) is 11.5. The lowest BCUT2D eigenvalue weighted by Crippen LogP contribution is -2.18. The van der Waals surface area contributed by atoms with E-state index in [1.807, 2.05) is 6.92 Å². The van der Waals surface area contributed by atoms with Crippen LogP contribution >= 0.6 is 0 Å². The van der Waals surface area contributed by atoms with Crippen LogP contribution in [0.25, 0.3) is 0 Å². The van der Waals surface area contributed by atoms with Crippen LogP contribution in [0.1, 0.15) is 30.9 Å². The number of anilines is 1. The molecule has 2 nitrogen and oxygen atoms in total. The number of hydrogen-bond acceptors (Lipinski definition) is 2. The average molecular weight is 219 g/mol. The highest BCUT2D eigenvalue weighted by Crippen LogP contribution is 2.26. The highest BCUT2D eigenvalue weighted by Gasteiger charge is 2.12. The lowest BCUT2D eigenvalue weighted by atomic mass is 10.0. The van der Waals surface area contributed by atoms with Gasteiger partial charge in [0.25, 0.3) is 0 Å². The van der Waals surface area contributed by atoms with Crippen molar-refractivity contribution in [3.8, 4) is 0 Å². The van der Waals surface area contributed by atoms with Gasteiger partial charge in [-0.25, -0.2) is 0 Å². The number of benzene rings is 1. The van der Waals surface area contributed by atoms with Gasteiger partial charge >= 0.3 is 0 Å². The third-order valence-electron chi connectivity index (χ3n) is 3.28. The van der Waals surface area contributed by atoms with Crippen molar-refractivity contribution in [2.24, 2.45) is 0 Å². The Bertz CT molecular complexity index is 360. The van der Waals surface area contributed by atoms with Crippen LogP contribution in [0.5, 0.6) is 0 Å². The number of aliphatic hydroxyl groups excluding tert-OH is 1. The van der Waals surface area contributed by atoms with Crippen molar-refractivity contribution >= 4 is 5.69 Å². The summed E-state index contributed by atoms with van der Waals surface area (Å²) < 4.78 is 0. The molecule has 0 aliphatic carbocycles. The van der Waals surface area contributed by atoms with E-state index in [1.165, 1.54) is 36.1 Å². The topological polar surface area (TPSA) is 23.5 Å². The molecular formula is C14H21NO. The molecule has 0 saturated heterocycles. The van der Waals surface area contributed by atoms with Gasteiger partial charge in [-0.3, -0.25) is 0 Å². The molecule has 0 radical (unpaired) electrons. The standard InChI is InChI=1S/C14H21NO/c1-11(16)9-12-6-7-13-5-3-4-8-15(2)14(13)10-12/h6-7,10-11,16H,3-5,8-9H2,1-2H3. The number of aryl methyl sites for hydroxylation is 1. The van der Waals surface area contributed by atoms with Gasteiger partial charge in [0.15, 0.2) is 0 Å². The molecule has 1 aliphatic heterocycles. The van der Waals surface area contributed by atoms with Crippen LogP contribution in [0.2, 0.25) is 0 Å². The second-order valence-electron chi connectivity index (χ2n) is 4.89. The zero-order valence-corrected chi connectivity index (χ0v) is 10.2. The smallest absolute Gasteiger partial charge is 0.0552 e. The van der Waals surface area contributed by atoms with Crippen LogP contribution in [0.15, 0.2) is 18.2 Å². The molecule has 0 aromatic heterocycles. The maximum Gasteiger partial charge on any atom is 0.0552 e. The monoisotopic (exact) mass is 219 g/mol. The van der Waals surface area contributed by atoms with Crippen LogP contribution in [0.4, 0.5) is 5.69 Å². The molecule has 2 rings (SSSR count). The Morgan fingerprint density at radius 1 is 1.38 bits per heavy atom. The predicted molar refractivity (Wildman–Crippen MR) is 68.0 cm³/mol. The molecule has 1 atom stereocenters. The normalized spacial score (nSPS) is 17.8. The molecule has 1 N–H and O–H groups in total. The van der Waals surface area contributed by atoms with E-state index < -0.39 is 0 Å². The van der Waals surface area contributed by atoms with E-state index >= 15 is 0 Å².